The topological polar surface area (TPSA) is 12.5 Å². The molecule has 0 spiro atoms. The molecule has 1 aromatic carbocycles. The van der Waals surface area contributed by atoms with Gasteiger partial charge in [0.15, 0.2) is 0 Å². The lowest BCUT2D eigenvalue weighted by atomic mass is 9.94. The molecule has 2 aliphatic rings. The largest absolute Gasteiger partial charge is 0.493 e. The minimum Gasteiger partial charge on any atom is -0.493 e. The van der Waals surface area contributed by atoms with Crippen molar-refractivity contribution in [1.29, 1.82) is 0 Å². The monoisotopic (exact) mass is 273 g/mol. The Kier molecular flexibility index (Phi) is 4.30. The van der Waals surface area contributed by atoms with Gasteiger partial charge in [-0.1, -0.05) is 31.9 Å². The van der Waals surface area contributed by atoms with Gasteiger partial charge in [0.1, 0.15) is 5.75 Å². The summed E-state index contributed by atoms with van der Waals surface area (Å²) in [5.74, 6) is 1.83. The lowest BCUT2D eigenvalue weighted by Crippen LogP contribution is -2.28. The van der Waals surface area contributed by atoms with Crippen LogP contribution in [0.3, 0.4) is 0 Å². The maximum atomic E-state index is 5.61. The first kappa shape index (κ1) is 13.9. The number of hydrogen-bond donors (Lipinski definition) is 0. The van der Waals surface area contributed by atoms with Crippen LogP contribution in [0.1, 0.15) is 56.6 Å². The average Bonchev–Trinajstić information content (AvgIpc) is 3.05. The Bertz CT molecular complexity index is 457. The number of rotatable bonds is 5. The molecule has 2 aliphatic heterocycles. The molecule has 2 nitrogen and oxygen atoms in total. The minimum atomic E-state index is 0.720. The molecule has 3 rings (SSSR count). The molecule has 1 fully saturated rings. The Balaban J connectivity index is 1.63. The van der Waals surface area contributed by atoms with Crippen molar-refractivity contribution in [3.05, 3.63) is 29.3 Å². The van der Waals surface area contributed by atoms with Crippen LogP contribution in [0.4, 0.5) is 0 Å². The fourth-order valence-electron chi connectivity index (χ4n) is 3.68. The second-order valence-electron chi connectivity index (χ2n) is 6.45. The van der Waals surface area contributed by atoms with E-state index in [9.17, 15) is 0 Å². The van der Waals surface area contributed by atoms with E-state index in [1.165, 1.54) is 49.9 Å². The van der Waals surface area contributed by atoms with Gasteiger partial charge in [-0.15, -0.1) is 0 Å². The van der Waals surface area contributed by atoms with Gasteiger partial charge >= 0.3 is 0 Å². The zero-order valence-corrected chi connectivity index (χ0v) is 12.9. The summed E-state index contributed by atoms with van der Waals surface area (Å²) in [5, 5.41) is 0. The molecule has 0 aliphatic carbocycles. The SMILES string of the molecule is CCCCCN1C[C@H](c2ccc3c(c2)CCO3)C[C@@H]1C. The second-order valence-corrected chi connectivity index (χ2v) is 6.45. The molecule has 2 atom stereocenters. The maximum Gasteiger partial charge on any atom is 0.122 e. The Morgan fingerprint density at radius 1 is 1.30 bits per heavy atom. The van der Waals surface area contributed by atoms with Crippen LogP contribution < -0.4 is 4.74 Å². The number of fused-ring (bicyclic) bond motifs is 1. The van der Waals surface area contributed by atoms with Gasteiger partial charge in [0, 0.05) is 19.0 Å². The van der Waals surface area contributed by atoms with E-state index >= 15 is 0 Å². The smallest absolute Gasteiger partial charge is 0.122 e. The third-order valence-corrected chi connectivity index (χ3v) is 4.94. The minimum absolute atomic E-state index is 0.720. The van der Waals surface area contributed by atoms with Crippen LogP contribution in [0.15, 0.2) is 18.2 Å². The van der Waals surface area contributed by atoms with Gasteiger partial charge < -0.3 is 9.64 Å². The van der Waals surface area contributed by atoms with E-state index in [1.54, 1.807) is 0 Å². The molecule has 0 radical (unpaired) electrons. The van der Waals surface area contributed by atoms with Gasteiger partial charge in [-0.2, -0.15) is 0 Å². The summed E-state index contributed by atoms with van der Waals surface area (Å²) >= 11 is 0. The highest BCUT2D eigenvalue weighted by Crippen LogP contribution is 2.35. The summed E-state index contributed by atoms with van der Waals surface area (Å²) in [6.45, 7) is 8.05. The van der Waals surface area contributed by atoms with Gasteiger partial charge in [0.25, 0.3) is 0 Å². The summed E-state index contributed by atoms with van der Waals surface area (Å²) in [5.41, 5.74) is 2.94. The zero-order chi connectivity index (χ0) is 13.9. The number of hydrogen-bond acceptors (Lipinski definition) is 2. The van der Waals surface area contributed by atoms with E-state index in [2.05, 4.69) is 36.9 Å². The molecule has 2 heteroatoms. The quantitative estimate of drug-likeness (QED) is 0.752. The van der Waals surface area contributed by atoms with Crippen LogP contribution in [-0.2, 0) is 6.42 Å². The molecule has 0 amide bonds. The molecule has 20 heavy (non-hydrogen) atoms. The van der Waals surface area contributed by atoms with E-state index in [-0.39, 0.29) is 0 Å². The van der Waals surface area contributed by atoms with E-state index in [4.69, 9.17) is 4.74 Å². The fourth-order valence-corrected chi connectivity index (χ4v) is 3.68. The highest BCUT2D eigenvalue weighted by Gasteiger charge is 2.30. The summed E-state index contributed by atoms with van der Waals surface area (Å²) in [6, 6.07) is 7.61. The molecule has 0 aromatic heterocycles. The lowest BCUT2D eigenvalue weighted by molar-refractivity contribution is 0.261. The number of unbranched alkanes of at least 4 members (excludes halogenated alkanes) is 2. The summed E-state index contributed by atoms with van der Waals surface area (Å²) < 4.78 is 5.61. The molecule has 2 heterocycles. The highest BCUT2D eigenvalue weighted by atomic mass is 16.5. The fraction of sp³-hybridized carbons (Fsp3) is 0.667. The van der Waals surface area contributed by atoms with Crippen LogP contribution in [0.25, 0.3) is 0 Å². The second kappa shape index (κ2) is 6.17. The molecule has 0 N–H and O–H groups in total. The molecular weight excluding hydrogens is 246 g/mol. The van der Waals surface area contributed by atoms with E-state index < -0.39 is 0 Å². The van der Waals surface area contributed by atoms with E-state index in [1.807, 2.05) is 0 Å². The third kappa shape index (κ3) is 2.85. The third-order valence-electron chi connectivity index (χ3n) is 4.94. The van der Waals surface area contributed by atoms with Gasteiger partial charge in [-0.25, -0.2) is 0 Å². The maximum absolute atomic E-state index is 5.61. The van der Waals surface area contributed by atoms with Crippen molar-refractivity contribution in [3.8, 4) is 5.75 Å². The first-order valence-corrected chi connectivity index (χ1v) is 8.27. The van der Waals surface area contributed by atoms with Crippen LogP contribution in [0.2, 0.25) is 0 Å². The summed E-state index contributed by atoms with van der Waals surface area (Å²) in [4.78, 5) is 2.68. The van der Waals surface area contributed by atoms with Crippen molar-refractivity contribution in [2.24, 2.45) is 0 Å². The van der Waals surface area contributed by atoms with Crippen LogP contribution in [0.5, 0.6) is 5.75 Å². The van der Waals surface area contributed by atoms with Crippen LogP contribution >= 0.6 is 0 Å². The molecular formula is C18H27NO. The van der Waals surface area contributed by atoms with Crippen molar-refractivity contribution < 1.29 is 4.74 Å². The number of likely N-dealkylation sites (tertiary alicyclic amines) is 1. The predicted octanol–water partition coefficient (Wildman–Crippen LogP) is 3.99. The number of benzene rings is 1. The standard InChI is InChI=1S/C18H27NO/c1-3-4-5-9-19-13-17(11-14(19)2)15-6-7-18-16(12-15)8-10-20-18/h6-7,12,14,17H,3-5,8-11,13H2,1-2H3/t14-,17+/m0/s1. The summed E-state index contributed by atoms with van der Waals surface area (Å²) in [6.07, 6.45) is 6.43. The van der Waals surface area contributed by atoms with Crippen molar-refractivity contribution in [2.75, 3.05) is 19.7 Å². The first-order valence-electron chi connectivity index (χ1n) is 8.27. The Labute approximate surface area is 123 Å². The first-order chi connectivity index (χ1) is 9.78. The van der Waals surface area contributed by atoms with Gasteiger partial charge in [-0.05, 0) is 49.4 Å². The highest BCUT2D eigenvalue weighted by molar-refractivity contribution is 5.41. The summed E-state index contributed by atoms with van der Waals surface area (Å²) in [7, 11) is 0. The molecule has 1 saturated heterocycles. The van der Waals surface area contributed by atoms with Crippen molar-refractivity contribution >= 4 is 0 Å². The Morgan fingerprint density at radius 2 is 2.20 bits per heavy atom. The van der Waals surface area contributed by atoms with Crippen LogP contribution in [-0.4, -0.2) is 30.6 Å². The average molecular weight is 273 g/mol. The number of ether oxygens (including phenoxy) is 1. The van der Waals surface area contributed by atoms with Gasteiger partial charge in [0.05, 0.1) is 6.61 Å². The van der Waals surface area contributed by atoms with Crippen molar-refractivity contribution in [2.45, 2.75) is 57.9 Å². The molecule has 0 saturated carbocycles. The van der Waals surface area contributed by atoms with Gasteiger partial charge in [-0.3, -0.25) is 0 Å². The Morgan fingerprint density at radius 3 is 3.05 bits per heavy atom. The van der Waals surface area contributed by atoms with Crippen LogP contribution in [0, 0.1) is 0 Å². The predicted molar refractivity (Wildman–Crippen MR) is 83.6 cm³/mol. The molecule has 1 aromatic rings. The van der Waals surface area contributed by atoms with E-state index in [0.29, 0.717) is 0 Å². The molecule has 0 bridgehead atoms. The normalized spacial score (nSPS) is 25.7. The zero-order valence-electron chi connectivity index (χ0n) is 12.9. The Hall–Kier alpha value is -1.02. The molecule has 0 unspecified atom stereocenters. The van der Waals surface area contributed by atoms with Crippen molar-refractivity contribution in [1.82, 2.24) is 4.90 Å². The van der Waals surface area contributed by atoms with Crippen molar-refractivity contribution in [3.63, 3.8) is 0 Å². The molecule has 110 valence electrons. The van der Waals surface area contributed by atoms with Gasteiger partial charge in [0.2, 0.25) is 0 Å². The number of nitrogens with zero attached hydrogens (tertiary/aromatic N) is 1. The van der Waals surface area contributed by atoms with E-state index in [0.717, 1.165) is 30.7 Å². The lowest BCUT2D eigenvalue weighted by Gasteiger charge is -2.20.